The zero-order valence-electron chi connectivity index (χ0n) is 20.4. The number of halogens is 1. The van der Waals surface area contributed by atoms with Crippen LogP contribution < -0.4 is 9.47 Å². The zero-order chi connectivity index (χ0) is 25.1. The van der Waals surface area contributed by atoms with Crippen molar-refractivity contribution < 1.29 is 18.7 Å². The number of hydrogen-bond donors (Lipinski definition) is 0. The fourth-order valence-electron chi connectivity index (χ4n) is 4.18. The van der Waals surface area contributed by atoms with E-state index in [9.17, 15) is 9.18 Å². The van der Waals surface area contributed by atoms with Crippen molar-refractivity contribution in [1.29, 1.82) is 0 Å². The van der Waals surface area contributed by atoms with Crippen LogP contribution in [0.5, 0.6) is 17.4 Å². The summed E-state index contributed by atoms with van der Waals surface area (Å²) in [6, 6.07) is 23.4. The number of aromatic nitrogens is 2. The Morgan fingerprint density at radius 3 is 2.31 bits per heavy atom. The number of carbonyl (C=O) groups is 1. The minimum atomic E-state index is -0.300. The smallest absolute Gasteiger partial charge is 0.228 e. The molecule has 3 aromatic carbocycles. The summed E-state index contributed by atoms with van der Waals surface area (Å²) in [6.07, 6.45) is 1.79. The topological polar surface area (TPSA) is 56.6 Å². The van der Waals surface area contributed by atoms with Gasteiger partial charge in [0.25, 0.3) is 0 Å². The SMILES string of the molecule is COc1ccccc1Oc1c(CN(Cc2ccc(F)cc2)C(=O)C2CC2)c(C)nn1-c1ccccc1. The summed E-state index contributed by atoms with van der Waals surface area (Å²) in [7, 11) is 1.60. The van der Waals surface area contributed by atoms with Crippen molar-refractivity contribution in [2.24, 2.45) is 5.92 Å². The van der Waals surface area contributed by atoms with Crippen LogP contribution in [0.25, 0.3) is 5.69 Å². The molecule has 0 N–H and O–H groups in total. The molecule has 1 aliphatic rings. The molecule has 1 aromatic heterocycles. The number of rotatable bonds is 9. The summed E-state index contributed by atoms with van der Waals surface area (Å²) in [6.45, 7) is 2.61. The van der Waals surface area contributed by atoms with Crippen LogP contribution in [-0.2, 0) is 17.9 Å². The van der Waals surface area contributed by atoms with Gasteiger partial charge in [-0.2, -0.15) is 5.10 Å². The maximum absolute atomic E-state index is 13.5. The Balaban J connectivity index is 1.55. The fraction of sp³-hybridized carbons (Fsp3) is 0.241. The minimum Gasteiger partial charge on any atom is -0.493 e. The highest BCUT2D eigenvalue weighted by molar-refractivity contribution is 5.81. The molecule has 5 rings (SSSR count). The molecule has 184 valence electrons. The second kappa shape index (κ2) is 10.2. The van der Waals surface area contributed by atoms with Gasteiger partial charge in [0.2, 0.25) is 11.8 Å². The number of methoxy groups -OCH3 is 1. The van der Waals surface area contributed by atoms with Crippen LogP contribution >= 0.6 is 0 Å². The third kappa shape index (κ3) is 5.10. The number of benzene rings is 3. The molecule has 0 bridgehead atoms. The second-order valence-corrected chi connectivity index (χ2v) is 8.96. The Morgan fingerprint density at radius 1 is 0.972 bits per heavy atom. The predicted molar refractivity (Wildman–Crippen MR) is 135 cm³/mol. The van der Waals surface area contributed by atoms with Gasteiger partial charge in [-0.05, 0) is 61.7 Å². The molecule has 6 nitrogen and oxygen atoms in total. The highest BCUT2D eigenvalue weighted by Gasteiger charge is 2.34. The number of ether oxygens (including phenoxy) is 2. The number of aryl methyl sites for hydroxylation is 1. The molecule has 0 spiro atoms. The molecule has 4 aromatic rings. The van der Waals surface area contributed by atoms with Gasteiger partial charge < -0.3 is 14.4 Å². The van der Waals surface area contributed by atoms with Crippen LogP contribution in [0.2, 0.25) is 0 Å². The first-order valence-electron chi connectivity index (χ1n) is 12.0. The van der Waals surface area contributed by atoms with E-state index < -0.39 is 0 Å². The molecular weight excluding hydrogens is 457 g/mol. The van der Waals surface area contributed by atoms with Crippen molar-refractivity contribution in [1.82, 2.24) is 14.7 Å². The maximum atomic E-state index is 13.5. The Hall–Kier alpha value is -4.13. The standard InChI is InChI=1S/C29H28FN3O3/c1-20-25(19-32(28(34)22-14-15-22)18-21-12-16-23(30)17-13-21)29(33(31-20)24-8-4-3-5-9-24)36-27-11-7-6-10-26(27)35-2/h3-13,16-17,22H,14-15,18-19H2,1-2H3. The quantitative estimate of drug-likeness (QED) is 0.289. The number of para-hydroxylation sites is 3. The summed E-state index contributed by atoms with van der Waals surface area (Å²) in [5.41, 5.74) is 3.28. The van der Waals surface area contributed by atoms with E-state index in [1.807, 2.05) is 66.4 Å². The molecule has 0 radical (unpaired) electrons. The van der Waals surface area contributed by atoms with Gasteiger partial charge in [-0.3, -0.25) is 4.79 Å². The minimum absolute atomic E-state index is 0.0357. The Morgan fingerprint density at radius 2 is 1.64 bits per heavy atom. The summed E-state index contributed by atoms with van der Waals surface area (Å²) >= 11 is 0. The largest absolute Gasteiger partial charge is 0.493 e. The number of carbonyl (C=O) groups excluding carboxylic acids is 1. The number of nitrogens with zero attached hydrogens (tertiary/aromatic N) is 3. The van der Waals surface area contributed by atoms with E-state index in [1.165, 1.54) is 12.1 Å². The van der Waals surface area contributed by atoms with Crippen LogP contribution in [0, 0.1) is 18.7 Å². The van der Waals surface area contributed by atoms with Gasteiger partial charge in [-0.25, -0.2) is 9.07 Å². The molecule has 0 atom stereocenters. The molecular formula is C29H28FN3O3. The molecule has 0 saturated heterocycles. The Kier molecular flexibility index (Phi) is 6.71. The van der Waals surface area contributed by atoms with Gasteiger partial charge in [0.15, 0.2) is 11.5 Å². The predicted octanol–water partition coefficient (Wildman–Crippen LogP) is 6.06. The van der Waals surface area contributed by atoms with E-state index >= 15 is 0 Å². The van der Waals surface area contributed by atoms with Gasteiger partial charge in [0.1, 0.15) is 5.82 Å². The Bertz CT molecular complexity index is 1350. The molecule has 1 saturated carbocycles. The first kappa shape index (κ1) is 23.6. The molecule has 1 amide bonds. The second-order valence-electron chi connectivity index (χ2n) is 8.96. The van der Waals surface area contributed by atoms with Crippen molar-refractivity contribution in [3.05, 3.63) is 102 Å². The maximum Gasteiger partial charge on any atom is 0.228 e. The normalized spacial score (nSPS) is 12.9. The van der Waals surface area contributed by atoms with E-state index in [4.69, 9.17) is 14.6 Å². The molecule has 0 aliphatic heterocycles. The van der Waals surface area contributed by atoms with E-state index in [0.717, 1.165) is 35.3 Å². The van der Waals surface area contributed by atoms with Crippen molar-refractivity contribution >= 4 is 5.91 Å². The van der Waals surface area contributed by atoms with Crippen molar-refractivity contribution in [3.63, 3.8) is 0 Å². The van der Waals surface area contributed by atoms with Crippen molar-refractivity contribution in [2.45, 2.75) is 32.9 Å². The third-order valence-electron chi connectivity index (χ3n) is 6.29. The van der Waals surface area contributed by atoms with E-state index in [2.05, 4.69) is 0 Å². The monoisotopic (exact) mass is 485 g/mol. The first-order valence-corrected chi connectivity index (χ1v) is 12.0. The molecule has 1 aliphatic carbocycles. The molecule has 7 heteroatoms. The van der Waals surface area contributed by atoms with Crippen LogP contribution in [0.1, 0.15) is 29.7 Å². The van der Waals surface area contributed by atoms with E-state index in [1.54, 1.807) is 23.9 Å². The highest BCUT2D eigenvalue weighted by atomic mass is 19.1. The van der Waals surface area contributed by atoms with E-state index in [-0.39, 0.29) is 17.6 Å². The van der Waals surface area contributed by atoms with Gasteiger partial charge in [0, 0.05) is 12.5 Å². The highest BCUT2D eigenvalue weighted by Crippen LogP contribution is 2.37. The van der Waals surface area contributed by atoms with E-state index in [0.29, 0.717) is 30.5 Å². The Labute approximate surface area is 209 Å². The lowest BCUT2D eigenvalue weighted by Gasteiger charge is -2.24. The molecule has 1 heterocycles. The van der Waals surface area contributed by atoms with Crippen LogP contribution in [0.4, 0.5) is 4.39 Å². The van der Waals surface area contributed by atoms with Crippen molar-refractivity contribution in [2.75, 3.05) is 7.11 Å². The molecule has 1 fully saturated rings. The van der Waals surface area contributed by atoms with Gasteiger partial charge in [-0.1, -0.05) is 42.5 Å². The lowest BCUT2D eigenvalue weighted by Crippen LogP contribution is -2.31. The molecule has 36 heavy (non-hydrogen) atoms. The molecule has 0 unspecified atom stereocenters. The summed E-state index contributed by atoms with van der Waals surface area (Å²) < 4.78 is 27.2. The number of hydrogen-bond acceptors (Lipinski definition) is 4. The van der Waals surface area contributed by atoms with Crippen molar-refractivity contribution in [3.8, 4) is 23.1 Å². The van der Waals surface area contributed by atoms with Gasteiger partial charge in [-0.15, -0.1) is 0 Å². The zero-order valence-corrected chi connectivity index (χ0v) is 20.4. The summed E-state index contributed by atoms with van der Waals surface area (Å²) in [4.78, 5) is 15.1. The number of amides is 1. The summed E-state index contributed by atoms with van der Waals surface area (Å²) in [5, 5.41) is 4.79. The first-order chi connectivity index (χ1) is 17.5. The van der Waals surface area contributed by atoms with Crippen LogP contribution in [0.15, 0.2) is 78.9 Å². The van der Waals surface area contributed by atoms with Gasteiger partial charge >= 0.3 is 0 Å². The van der Waals surface area contributed by atoms with Crippen LogP contribution in [-0.4, -0.2) is 27.7 Å². The lowest BCUT2D eigenvalue weighted by molar-refractivity contribution is -0.133. The fourth-order valence-corrected chi connectivity index (χ4v) is 4.18. The lowest BCUT2D eigenvalue weighted by atomic mass is 10.1. The average molecular weight is 486 g/mol. The average Bonchev–Trinajstić information content (AvgIpc) is 3.71. The summed E-state index contributed by atoms with van der Waals surface area (Å²) in [5.74, 6) is 1.50. The third-order valence-corrected chi connectivity index (χ3v) is 6.29. The van der Waals surface area contributed by atoms with Crippen LogP contribution in [0.3, 0.4) is 0 Å². The van der Waals surface area contributed by atoms with Gasteiger partial charge in [0.05, 0.1) is 30.6 Å².